The molecule has 0 radical (unpaired) electrons. The van der Waals surface area contributed by atoms with Crippen LogP contribution in [-0.4, -0.2) is 11.2 Å². The average molecular weight is 143 g/mol. The molecule has 0 bridgehead atoms. The summed E-state index contributed by atoms with van der Waals surface area (Å²) in [7, 11) is 0. The van der Waals surface area contributed by atoms with Gasteiger partial charge in [-0.3, -0.25) is 0 Å². The Morgan fingerprint density at radius 3 is 2.10 bits per heavy atom. The highest BCUT2D eigenvalue weighted by Crippen LogP contribution is 1.80. The molecule has 3 nitrogen and oxygen atoms in total. The fraction of sp³-hybridized carbons (Fsp3) is 0.429. The van der Waals surface area contributed by atoms with Crippen molar-refractivity contribution in [2.24, 2.45) is 0 Å². The first-order chi connectivity index (χ1) is 4.73. The summed E-state index contributed by atoms with van der Waals surface area (Å²) in [6.07, 6.45) is 6.76. The number of hydrogen-bond donors (Lipinski definition) is 2. The highest BCUT2D eigenvalue weighted by molar-refractivity contribution is 5.00. The molecule has 0 saturated heterocycles. The first kappa shape index (κ1) is 9.04. The molecule has 0 unspecified atom stereocenters. The minimum Gasteiger partial charge on any atom is -0.394 e. The van der Waals surface area contributed by atoms with Crippen LogP contribution in [0.2, 0.25) is 0 Å². The summed E-state index contributed by atoms with van der Waals surface area (Å²) >= 11 is 0. The Hall–Kier alpha value is -0.960. The number of nitrogens with one attached hydrogen (secondary N) is 1. The molecule has 0 aromatic heterocycles. The lowest BCUT2D eigenvalue weighted by Gasteiger charge is -1.97. The van der Waals surface area contributed by atoms with Crippen LogP contribution in [0.4, 0.5) is 0 Å². The van der Waals surface area contributed by atoms with Crippen LogP contribution in [0.1, 0.15) is 13.8 Å². The van der Waals surface area contributed by atoms with Gasteiger partial charge in [0.05, 0.1) is 0 Å². The van der Waals surface area contributed by atoms with Gasteiger partial charge >= 0.3 is 0 Å². The van der Waals surface area contributed by atoms with Gasteiger partial charge in [0, 0.05) is 12.3 Å². The maximum atomic E-state index is 8.06. The fourth-order valence-corrected chi connectivity index (χ4v) is 0.258. The molecular weight excluding hydrogens is 130 g/mol. The molecule has 0 amide bonds. The number of hydroxylamine groups is 1. The van der Waals surface area contributed by atoms with Crippen LogP contribution in [0, 0.1) is 0 Å². The van der Waals surface area contributed by atoms with E-state index in [1.54, 1.807) is 32.4 Å². The predicted octanol–water partition coefficient (Wildman–Crippen LogP) is 0.936. The van der Waals surface area contributed by atoms with E-state index < -0.39 is 0 Å². The number of aliphatic hydroxyl groups is 1. The minimum atomic E-state index is -0.167. The van der Waals surface area contributed by atoms with Crippen molar-refractivity contribution < 1.29 is 9.94 Å². The molecule has 1 heterocycles. The van der Waals surface area contributed by atoms with Gasteiger partial charge in [-0.05, 0) is 26.0 Å². The molecule has 58 valence electrons. The molecule has 0 aromatic carbocycles. The molecule has 0 fully saturated rings. The van der Waals surface area contributed by atoms with Crippen molar-refractivity contribution in [2.45, 2.75) is 20.0 Å². The van der Waals surface area contributed by atoms with Crippen molar-refractivity contribution in [3.63, 3.8) is 0 Å². The van der Waals surface area contributed by atoms with Crippen LogP contribution in [0.5, 0.6) is 0 Å². The molecule has 0 atom stereocenters. The normalized spacial score (nSPS) is 13.2. The van der Waals surface area contributed by atoms with E-state index in [0.717, 1.165) is 0 Å². The van der Waals surface area contributed by atoms with Crippen LogP contribution in [0.25, 0.3) is 0 Å². The lowest BCUT2D eigenvalue weighted by molar-refractivity contribution is 0.172. The molecule has 0 spiro atoms. The largest absolute Gasteiger partial charge is 0.394 e. The first-order valence-corrected chi connectivity index (χ1v) is 3.14. The van der Waals surface area contributed by atoms with Gasteiger partial charge in [-0.15, -0.1) is 0 Å². The molecule has 0 aliphatic carbocycles. The Bertz CT molecular complexity index is 104. The predicted molar refractivity (Wildman–Crippen MR) is 39.9 cm³/mol. The van der Waals surface area contributed by atoms with Crippen molar-refractivity contribution in [2.75, 3.05) is 0 Å². The second-order valence-corrected chi connectivity index (χ2v) is 2.02. The van der Waals surface area contributed by atoms with Gasteiger partial charge in [0.2, 0.25) is 0 Å². The Kier molecular flexibility index (Phi) is 5.57. The molecular formula is C7H13NO2. The Balaban J connectivity index is 0.000000180. The smallest absolute Gasteiger partial charge is 0.119 e. The molecule has 3 heteroatoms. The van der Waals surface area contributed by atoms with E-state index in [9.17, 15) is 0 Å². The van der Waals surface area contributed by atoms with E-state index in [-0.39, 0.29) is 6.10 Å². The Labute approximate surface area is 61.0 Å². The zero-order chi connectivity index (χ0) is 7.82. The molecule has 1 rings (SSSR count). The van der Waals surface area contributed by atoms with E-state index >= 15 is 0 Å². The quantitative estimate of drug-likeness (QED) is 0.530. The van der Waals surface area contributed by atoms with E-state index in [2.05, 4.69) is 10.3 Å². The van der Waals surface area contributed by atoms with Crippen molar-refractivity contribution in [3.05, 3.63) is 24.6 Å². The lowest BCUT2D eigenvalue weighted by Crippen LogP contribution is -2.01. The zero-order valence-corrected chi connectivity index (χ0v) is 6.24. The highest BCUT2D eigenvalue weighted by atomic mass is 16.6. The van der Waals surface area contributed by atoms with Crippen LogP contribution in [0.15, 0.2) is 24.6 Å². The molecule has 10 heavy (non-hydrogen) atoms. The van der Waals surface area contributed by atoms with Gasteiger partial charge in [-0.1, -0.05) is 0 Å². The van der Waals surface area contributed by atoms with Gasteiger partial charge < -0.3 is 9.94 Å². The number of aliphatic hydroxyl groups excluding tert-OH is 1. The summed E-state index contributed by atoms with van der Waals surface area (Å²) in [4.78, 5) is 4.55. The number of rotatable bonds is 0. The Morgan fingerprint density at radius 1 is 1.40 bits per heavy atom. The molecule has 0 saturated carbocycles. The zero-order valence-electron chi connectivity index (χ0n) is 6.24. The SMILES string of the molecule is C1=CNOC=C1.CC(C)O. The van der Waals surface area contributed by atoms with Crippen LogP contribution < -0.4 is 5.48 Å². The van der Waals surface area contributed by atoms with E-state index in [1.165, 1.54) is 0 Å². The van der Waals surface area contributed by atoms with Crippen LogP contribution in [-0.2, 0) is 4.84 Å². The number of allylic oxidation sites excluding steroid dienone is 2. The van der Waals surface area contributed by atoms with Crippen molar-refractivity contribution in [3.8, 4) is 0 Å². The van der Waals surface area contributed by atoms with E-state index in [1.807, 2.05) is 6.08 Å². The molecule has 1 aliphatic rings. The average Bonchev–Trinajstić information content (AvgIpc) is 1.90. The Morgan fingerprint density at radius 2 is 2.00 bits per heavy atom. The van der Waals surface area contributed by atoms with Crippen LogP contribution >= 0.6 is 0 Å². The summed E-state index contributed by atoms with van der Waals surface area (Å²) in [6.45, 7) is 3.44. The standard InChI is InChI=1S/C4H5NO.C3H8O/c1-2-4-6-5-3-1;1-3(2)4/h1-5H;3-4H,1-2H3. The van der Waals surface area contributed by atoms with Gasteiger partial charge in [0.1, 0.15) is 6.26 Å². The van der Waals surface area contributed by atoms with Gasteiger partial charge in [-0.25, -0.2) is 5.48 Å². The summed E-state index contributed by atoms with van der Waals surface area (Å²) in [6, 6.07) is 0. The third-order valence-electron chi connectivity index (χ3n) is 0.490. The van der Waals surface area contributed by atoms with E-state index in [4.69, 9.17) is 5.11 Å². The van der Waals surface area contributed by atoms with Gasteiger partial charge in [0.25, 0.3) is 0 Å². The fourth-order valence-electron chi connectivity index (χ4n) is 0.258. The third-order valence-corrected chi connectivity index (χ3v) is 0.490. The molecule has 2 N–H and O–H groups in total. The third kappa shape index (κ3) is 10.1. The topological polar surface area (TPSA) is 41.5 Å². The monoisotopic (exact) mass is 143 g/mol. The van der Waals surface area contributed by atoms with Crippen LogP contribution in [0.3, 0.4) is 0 Å². The van der Waals surface area contributed by atoms with Crippen molar-refractivity contribution in [1.29, 1.82) is 0 Å². The van der Waals surface area contributed by atoms with Gasteiger partial charge in [-0.2, -0.15) is 0 Å². The van der Waals surface area contributed by atoms with Gasteiger partial charge in [0.15, 0.2) is 0 Å². The molecule has 1 aliphatic heterocycles. The van der Waals surface area contributed by atoms with Crippen molar-refractivity contribution >= 4 is 0 Å². The highest BCUT2D eigenvalue weighted by Gasteiger charge is 1.72. The second kappa shape index (κ2) is 6.16. The lowest BCUT2D eigenvalue weighted by atomic mass is 10.5. The second-order valence-electron chi connectivity index (χ2n) is 2.02. The summed E-state index contributed by atoms with van der Waals surface area (Å²) in [5, 5.41) is 8.06. The maximum absolute atomic E-state index is 8.06. The van der Waals surface area contributed by atoms with E-state index in [0.29, 0.717) is 0 Å². The minimum absolute atomic E-state index is 0.167. The summed E-state index contributed by atoms with van der Waals surface area (Å²) < 4.78 is 0. The maximum Gasteiger partial charge on any atom is 0.119 e. The summed E-state index contributed by atoms with van der Waals surface area (Å²) in [5.41, 5.74) is 2.52. The summed E-state index contributed by atoms with van der Waals surface area (Å²) in [5.74, 6) is 0. The molecule has 0 aromatic rings. The van der Waals surface area contributed by atoms with Crippen molar-refractivity contribution in [1.82, 2.24) is 5.48 Å². The number of hydrogen-bond acceptors (Lipinski definition) is 3. The first-order valence-electron chi connectivity index (χ1n) is 3.14.